The summed E-state index contributed by atoms with van der Waals surface area (Å²) >= 11 is 0. The summed E-state index contributed by atoms with van der Waals surface area (Å²) in [5.74, 6) is -0.177. The first-order chi connectivity index (χ1) is 7.69. The number of carbonyl (C=O) groups is 1. The predicted molar refractivity (Wildman–Crippen MR) is 58.6 cm³/mol. The molecule has 2 rings (SSSR count). The van der Waals surface area contributed by atoms with Crippen LogP contribution < -0.4 is 11.1 Å². The number of carbonyl (C=O) groups excluding carboxylic acids is 1. The van der Waals surface area contributed by atoms with Crippen molar-refractivity contribution in [2.75, 3.05) is 6.61 Å². The number of hydrogen-bond donors (Lipinski definition) is 3. The molecule has 0 aliphatic heterocycles. The van der Waals surface area contributed by atoms with E-state index in [0.717, 1.165) is 12.8 Å². The third-order valence-corrected chi connectivity index (χ3v) is 2.82. The van der Waals surface area contributed by atoms with Gasteiger partial charge in [-0.15, -0.1) is 0 Å². The molecule has 1 aliphatic carbocycles. The summed E-state index contributed by atoms with van der Waals surface area (Å²) in [7, 11) is 0. The second-order valence-corrected chi connectivity index (χ2v) is 4.13. The second kappa shape index (κ2) is 4.19. The highest BCUT2D eigenvalue weighted by Gasteiger charge is 2.43. The van der Waals surface area contributed by atoms with Crippen molar-refractivity contribution in [1.82, 2.24) is 10.3 Å². The zero-order valence-corrected chi connectivity index (χ0v) is 8.94. The Balaban J connectivity index is 2.08. The molecule has 5 heteroatoms. The van der Waals surface area contributed by atoms with Crippen LogP contribution >= 0.6 is 0 Å². The van der Waals surface area contributed by atoms with Crippen molar-refractivity contribution in [3.63, 3.8) is 0 Å². The van der Waals surface area contributed by atoms with Crippen LogP contribution in [-0.2, 0) is 6.54 Å². The highest BCUT2D eigenvalue weighted by molar-refractivity contribution is 5.94. The van der Waals surface area contributed by atoms with Gasteiger partial charge in [0.2, 0.25) is 0 Å². The van der Waals surface area contributed by atoms with Crippen LogP contribution in [0.4, 0.5) is 0 Å². The first kappa shape index (κ1) is 11.0. The molecule has 1 heterocycles. The number of aliphatic hydroxyl groups excluding tert-OH is 1. The Labute approximate surface area is 93.7 Å². The van der Waals surface area contributed by atoms with E-state index in [9.17, 15) is 4.79 Å². The molecule has 0 atom stereocenters. The average Bonchev–Trinajstić information content (AvgIpc) is 3.09. The van der Waals surface area contributed by atoms with Crippen LogP contribution in [0.15, 0.2) is 18.3 Å². The van der Waals surface area contributed by atoms with Crippen molar-refractivity contribution in [3.8, 4) is 0 Å². The van der Waals surface area contributed by atoms with Crippen LogP contribution in [0.25, 0.3) is 0 Å². The van der Waals surface area contributed by atoms with Crippen LogP contribution in [0.2, 0.25) is 0 Å². The summed E-state index contributed by atoms with van der Waals surface area (Å²) < 4.78 is 0. The van der Waals surface area contributed by atoms with Crippen molar-refractivity contribution in [1.29, 1.82) is 0 Å². The van der Waals surface area contributed by atoms with Gasteiger partial charge >= 0.3 is 0 Å². The molecule has 0 radical (unpaired) electrons. The molecule has 0 saturated heterocycles. The number of amides is 1. The number of nitrogens with two attached hydrogens (primary N) is 1. The Bertz CT molecular complexity index is 402. The molecular formula is C11H15N3O2. The summed E-state index contributed by atoms with van der Waals surface area (Å²) in [6.07, 6.45) is 3.24. The molecule has 16 heavy (non-hydrogen) atoms. The van der Waals surface area contributed by atoms with Crippen LogP contribution in [0, 0.1) is 0 Å². The van der Waals surface area contributed by atoms with E-state index in [1.165, 1.54) is 0 Å². The maximum atomic E-state index is 11.8. The number of aromatic nitrogens is 1. The minimum atomic E-state index is -0.386. The molecule has 5 nitrogen and oxygen atoms in total. The zero-order chi connectivity index (χ0) is 11.6. The molecule has 1 amide bonds. The van der Waals surface area contributed by atoms with Crippen LogP contribution in [0.5, 0.6) is 0 Å². The Hall–Kier alpha value is -1.46. The monoisotopic (exact) mass is 221 g/mol. The number of rotatable bonds is 4. The molecule has 1 aromatic rings. The largest absolute Gasteiger partial charge is 0.394 e. The standard InChI is InChI=1S/C11H15N3O2/c12-6-9-5-8(1-4-13-9)10(16)14-11(7-15)2-3-11/h1,4-5,15H,2-3,6-7,12H2,(H,14,16). The summed E-state index contributed by atoms with van der Waals surface area (Å²) in [4.78, 5) is 15.9. The molecule has 0 bridgehead atoms. The maximum Gasteiger partial charge on any atom is 0.251 e. The van der Waals surface area contributed by atoms with Crippen molar-refractivity contribution in [3.05, 3.63) is 29.6 Å². The minimum absolute atomic E-state index is 0.00638. The molecule has 1 aromatic heterocycles. The molecule has 0 unspecified atom stereocenters. The van der Waals surface area contributed by atoms with Crippen molar-refractivity contribution < 1.29 is 9.90 Å². The second-order valence-electron chi connectivity index (χ2n) is 4.13. The molecule has 0 spiro atoms. The summed E-state index contributed by atoms with van der Waals surface area (Å²) in [5, 5.41) is 11.9. The fourth-order valence-corrected chi connectivity index (χ4v) is 1.52. The van der Waals surface area contributed by atoms with Gasteiger partial charge in [0.25, 0.3) is 5.91 Å². The van der Waals surface area contributed by atoms with Gasteiger partial charge in [-0.25, -0.2) is 0 Å². The lowest BCUT2D eigenvalue weighted by Gasteiger charge is -2.14. The van der Waals surface area contributed by atoms with Crippen molar-refractivity contribution >= 4 is 5.91 Å². The van der Waals surface area contributed by atoms with Gasteiger partial charge in [-0.3, -0.25) is 9.78 Å². The lowest BCUT2D eigenvalue weighted by molar-refractivity contribution is 0.0906. The first-order valence-electron chi connectivity index (χ1n) is 5.27. The Morgan fingerprint density at radius 2 is 2.38 bits per heavy atom. The summed E-state index contributed by atoms with van der Waals surface area (Å²) in [6, 6.07) is 3.31. The quantitative estimate of drug-likeness (QED) is 0.656. The predicted octanol–water partition coefficient (Wildman–Crippen LogP) is -0.205. The van der Waals surface area contributed by atoms with E-state index in [2.05, 4.69) is 10.3 Å². The van der Waals surface area contributed by atoms with Crippen LogP contribution in [0.3, 0.4) is 0 Å². The van der Waals surface area contributed by atoms with E-state index in [1.807, 2.05) is 0 Å². The third kappa shape index (κ3) is 2.20. The van der Waals surface area contributed by atoms with Crippen LogP contribution in [0.1, 0.15) is 28.9 Å². The Kier molecular flexibility index (Phi) is 2.89. The fraction of sp³-hybridized carbons (Fsp3) is 0.455. The third-order valence-electron chi connectivity index (χ3n) is 2.82. The van der Waals surface area contributed by atoms with Gasteiger partial charge in [-0.1, -0.05) is 0 Å². The van der Waals surface area contributed by atoms with Crippen molar-refractivity contribution in [2.24, 2.45) is 5.73 Å². The van der Waals surface area contributed by atoms with Gasteiger partial charge in [-0.2, -0.15) is 0 Å². The van der Waals surface area contributed by atoms with E-state index in [0.29, 0.717) is 17.8 Å². The molecule has 0 aromatic carbocycles. The Morgan fingerprint density at radius 1 is 1.62 bits per heavy atom. The number of pyridine rings is 1. The topological polar surface area (TPSA) is 88.2 Å². The fourth-order valence-electron chi connectivity index (χ4n) is 1.52. The van der Waals surface area contributed by atoms with E-state index < -0.39 is 0 Å². The molecule has 4 N–H and O–H groups in total. The average molecular weight is 221 g/mol. The van der Waals surface area contributed by atoms with E-state index in [1.54, 1.807) is 18.3 Å². The zero-order valence-electron chi connectivity index (χ0n) is 8.94. The molecule has 1 aliphatic rings. The van der Waals surface area contributed by atoms with Gasteiger partial charge in [-0.05, 0) is 25.0 Å². The Morgan fingerprint density at radius 3 is 2.94 bits per heavy atom. The van der Waals surface area contributed by atoms with Crippen molar-refractivity contribution in [2.45, 2.75) is 24.9 Å². The lowest BCUT2D eigenvalue weighted by Crippen LogP contribution is -2.39. The maximum absolute atomic E-state index is 11.8. The van der Waals surface area contributed by atoms with Gasteiger partial charge in [0, 0.05) is 18.3 Å². The van der Waals surface area contributed by atoms with Gasteiger partial charge in [0.15, 0.2) is 0 Å². The van der Waals surface area contributed by atoms with E-state index >= 15 is 0 Å². The van der Waals surface area contributed by atoms with E-state index in [4.69, 9.17) is 10.8 Å². The molecular weight excluding hydrogens is 206 g/mol. The first-order valence-corrected chi connectivity index (χ1v) is 5.27. The lowest BCUT2D eigenvalue weighted by atomic mass is 10.2. The van der Waals surface area contributed by atoms with Gasteiger partial charge < -0.3 is 16.2 Å². The van der Waals surface area contributed by atoms with Crippen LogP contribution in [-0.4, -0.2) is 28.1 Å². The minimum Gasteiger partial charge on any atom is -0.394 e. The SMILES string of the molecule is NCc1cc(C(=O)NC2(CO)CC2)ccn1. The number of nitrogens with one attached hydrogen (secondary N) is 1. The number of hydrogen-bond acceptors (Lipinski definition) is 4. The molecule has 86 valence electrons. The summed E-state index contributed by atoms with van der Waals surface area (Å²) in [6.45, 7) is 0.305. The normalized spacial score (nSPS) is 16.9. The number of aliphatic hydroxyl groups is 1. The molecule has 1 fully saturated rings. The summed E-state index contributed by atoms with van der Waals surface area (Å²) in [5.41, 5.74) is 6.28. The molecule has 1 saturated carbocycles. The van der Waals surface area contributed by atoms with E-state index in [-0.39, 0.29) is 18.1 Å². The highest BCUT2D eigenvalue weighted by atomic mass is 16.3. The highest BCUT2D eigenvalue weighted by Crippen LogP contribution is 2.34. The number of nitrogens with zero attached hydrogens (tertiary/aromatic N) is 1. The smallest absolute Gasteiger partial charge is 0.251 e. The van der Waals surface area contributed by atoms with Gasteiger partial charge in [0.1, 0.15) is 0 Å². The van der Waals surface area contributed by atoms with Gasteiger partial charge in [0.05, 0.1) is 17.8 Å².